The number of benzene rings is 1. The number of aliphatic imine (C=N–C) groups is 1. The Labute approximate surface area is 242 Å². The van der Waals surface area contributed by atoms with Crippen molar-refractivity contribution in [2.45, 2.75) is 96.8 Å². The molecular formula is C32H43N5O4. The van der Waals surface area contributed by atoms with E-state index in [-0.39, 0.29) is 22.7 Å². The Balaban J connectivity index is 1.52. The third-order valence-corrected chi connectivity index (χ3v) is 7.55. The molecule has 0 atom stereocenters. The van der Waals surface area contributed by atoms with Crippen LogP contribution in [0.15, 0.2) is 44.5 Å². The Morgan fingerprint density at radius 3 is 1.95 bits per heavy atom. The summed E-state index contributed by atoms with van der Waals surface area (Å²) in [6.45, 7) is 10.5. The van der Waals surface area contributed by atoms with Crippen LogP contribution in [0.25, 0.3) is 10.5 Å². The van der Waals surface area contributed by atoms with Gasteiger partial charge in [-0.2, -0.15) is 0 Å². The first-order valence-corrected chi connectivity index (χ1v) is 15.0. The normalized spacial score (nSPS) is 13.4. The number of hydrogen-bond donors (Lipinski definition) is 3. The summed E-state index contributed by atoms with van der Waals surface area (Å²) in [5, 5.41) is 10.3. The highest BCUT2D eigenvalue weighted by Gasteiger charge is 2.30. The van der Waals surface area contributed by atoms with E-state index in [1.165, 1.54) is 70.6 Å². The first kappa shape index (κ1) is 31.6. The van der Waals surface area contributed by atoms with Crippen molar-refractivity contribution in [3.8, 4) is 5.88 Å². The van der Waals surface area contributed by atoms with E-state index >= 15 is 0 Å². The Morgan fingerprint density at radius 1 is 0.878 bits per heavy atom. The molecule has 9 nitrogen and oxygen atoms in total. The van der Waals surface area contributed by atoms with Crippen LogP contribution in [0.2, 0.25) is 0 Å². The molecule has 2 heterocycles. The lowest BCUT2D eigenvalue weighted by Crippen LogP contribution is -2.28. The van der Waals surface area contributed by atoms with Crippen molar-refractivity contribution in [2.24, 2.45) is 4.99 Å². The number of aromatic hydroxyl groups is 1. The van der Waals surface area contributed by atoms with Gasteiger partial charge in [-0.15, -0.1) is 0 Å². The lowest BCUT2D eigenvalue weighted by Gasteiger charge is -2.17. The van der Waals surface area contributed by atoms with Gasteiger partial charge in [0.2, 0.25) is 5.88 Å². The summed E-state index contributed by atoms with van der Waals surface area (Å²) in [6.07, 6.45) is 17.6. The fourth-order valence-corrected chi connectivity index (χ4v) is 5.22. The minimum atomic E-state index is -0.846. The van der Waals surface area contributed by atoms with Crippen LogP contribution in [0.5, 0.6) is 5.88 Å². The van der Waals surface area contributed by atoms with Crippen molar-refractivity contribution >= 4 is 17.3 Å². The van der Waals surface area contributed by atoms with Gasteiger partial charge in [-0.3, -0.25) is 24.5 Å². The maximum absolute atomic E-state index is 13.3. The molecule has 0 saturated heterocycles. The van der Waals surface area contributed by atoms with E-state index in [2.05, 4.69) is 26.7 Å². The largest absolute Gasteiger partial charge is 0.494 e. The molecule has 0 radical (unpaired) electrons. The van der Waals surface area contributed by atoms with Crippen LogP contribution in [0.4, 0.5) is 0 Å². The molecule has 0 bridgehead atoms. The molecule has 0 aliphatic carbocycles. The zero-order valence-electron chi connectivity index (χ0n) is 24.4. The number of aromatic nitrogens is 2. The van der Waals surface area contributed by atoms with Gasteiger partial charge in [-0.25, -0.2) is 9.64 Å². The molecule has 0 saturated carbocycles. The predicted octanol–water partition coefficient (Wildman–Crippen LogP) is 6.15. The average molecular weight is 562 g/mol. The summed E-state index contributed by atoms with van der Waals surface area (Å²) in [7, 11) is 1.68. The highest BCUT2D eigenvalue weighted by molar-refractivity contribution is 6.23. The van der Waals surface area contributed by atoms with Crippen LogP contribution in [0.1, 0.15) is 114 Å². The van der Waals surface area contributed by atoms with Gasteiger partial charge < -0.3 is 10.0 Å². The van der Waals surface area contributed by atoms with E-state index in [9.17, 15) is 19.5 Å². The molecule has 1 aromatic carbocycles. The van der Waals surface area contributed by atoms with E-state index < -0.39 is 23.0 Å². The Morgan fingerprint density at radius 2 is 1.41 bits per heavy atom. The van der Waals surface area contributed by atoms with E-state index in [0.717, 1.165) is 19.3 Å². The summed E-state index contributed by atoms with van der Waals surface area (Å²) < 4.78 is 0. The molecule has 41 heavy (non-hydrogen) atoms. The van der Waals surface area contributed by atoms with E-state index in [1.54, 1.807) is 36.2 Å². The van der Waals surface area contributed by atoms with Crippen LogP contribution in [0.3, 0.4) is 0 Å². The number of hydrogen-bond acceptors (Lipinski definition) is 5. The summed E-state index contributed by atoms with van der Waals surface area (Å²) >= 11 is 0. The first-order chi connectivity index (χ1) is 19.9. The number of aromatic amines is 2. The third kappa shape index (κ3) is 8.78. The number of nitrogens with zero attached hydrogens (tertiary/aromatic N) is 3. The number of fused-ring (bicyclic) bond motifs is 1. The molecule has 1 amide bonds. The number of carbonyl (C=O) groups excluding carboxylic acids is 1. The number of amides is 1. The highest BCUT2D eigenvalue weighted by Crippen LogP contribution is 2.35. The van der Waals surface area contributed by atoms with Gasteiger partial charge in [0, 0.05) is 19.2 Å². The van der Waals surface area contributed by atoms with Crippen LogP contribution >= 0.6 is 0 Å². The lowest BCUT2D eigenvalue weighted by molar-refractivity contribution is -0.125. The Bertz CT molecular complexity index is 1400. The Kier molecular flexibility index (Phi) is 12.6. The molecule has 220 valence electrons. The zero-order chi connectivity index (χ0) is 29.6. The molecule has 9 heteroatoms. The number of H-pyrrole nitrogens is 2. The molecular weight excluding hydrogens is 518 g/mol. The molecule has 3 N–H and O–H groups in total. The van der Waals surface area contributed by atoms with Crippen LogP contribution in [0, 0.1) is 6.57 Å². The van der Waals surface area contributed by atoms with Gasteiger partial charge in [-0.05, 0) is 12.0 Å². The summed E-state index contributed by atoms with van der Waals surface area (Å²) in [5.41, 5.74) is -0.800. The molecule has 1 aromatic heterocycles. The second kappa shape index (κ2) is 16.4. The SMILES string of the molecule is [C-]#[N+]/C(C(=O)N(C)CCCCCCCCCCCCCCCC)=C1/N=C(c2c(O)[nH]c(=O)[nH]c2=O)c2ccccc21. The molecule has 0 spiro atoms. The van der Waals surface area contributed by atoms with Crippen molar-refractivity contribution in [1.29, 1.82) is 0 Å². The van der Waals surface area contributed by atoms with Crippen LogP contribution in [-0.2, 0) is 4.79 Å². The van der Waals surface area contributed by atoms with Gasteiger partial charge in [0.15, 0.2) is 0 Å². The van der Waals surface area contributed by atoms with Gasteiger partial charge >= 0.3 is 5.69 Å². The standard InChI is InChI=1S/C32H43N5O4/c1-4-5-6-7-8-9-10-11-12-13-14-15-16-19-22-37(3)31(40)28(33-2)27-24-21-18-17-20-23(24)26(34-27)25-29(38)35-32(41)36-30(25)39/h17-18,20-21H,4-16,19,22H2,1,3H3,(H3,35,36,38,39,41)/b28-27+. The quantitative estimate of drug-likeness (QED) is 0.122. The summed E-state index contributed by atoms with van der Waals surface area (Å²) in [4.78, 5) is 51.1. The Hall–Kier alpha value is -3.93. The van der Waals surface area contributed by atoms with Crippen LogP contribution in [-0.4, -0.2) is 45.2 Å². The van der Waals surface area contributed by atoms with E-state index in [0.29, 0.717) is 17.7 Å². The van der Waals surface area contributed by atoms with Crippen molar-refractivity contribution in [2.75, 3.05) is 13.6 Å². The van der Waals surface area contributed by atoms with Gasteiger partial charge in [0.05, 0.1) is 18.0 Å². The molecule has 2 aromatic rings. The summed E-state index contributed by atoms with van der Waals surface area (Å²) in [6, 6.07) is 6.88. The monoisotopic (exact) mass is 561 g/mol. The fourth-order valence-electron chi connectivity index (χ4n) is 5.22. The zero-order valence-corrected chi connectivity index (χ0v) is 24.4. The number of nitrogens with one attached hydrogen (secondary N) is 2. The number of rotatable bonds is 17. The van der Waals surface area contributed by atoms with Gasteiger partial charge in [0.25, 0.3) is 17.2 Å². The van der Waals surface area contributed by atoms with Crippen LogP contribution < -0.4 is 11.2 Å². The number of unbranched alkanes of at least 4 members (excludes halogenated alkanes) is 13. The molecule has 0 fully saturated rings. The lowest BCUT2D eigenvalue weighted by atomic mass is 10.00. The maximum Gasteiger partial charge on any atom is 0.328 e. The smallest absolute Gasteiger partial charge is 0.328 e. The average Bonchev–Trinajstić information content (AvgIpc) is 3.31. The maximum atomic E-state index is 13.3. The van der Waals surface area contributed by atoms with Crippen molar-refractivity contribution in [1.82, 2.24) is 14.9 Å². The first-order valence-electron chi connectivity index (χ1n) is 15.0. The van der Waals surface area contributed by atoms with Crippen molar-refractivity contribution < 1.29 is 9.90 Å². The highest BCUT2D eigenvalue weighted by atomic mass is 16.3. The third-order valence-electron chi connectivity index (χ3n) is 7.55. The van der Waals surface area contributed by atoms with Crippen molar-refractivity contribution in [3.63, 3.8) is 0 Å². The van der Waals surface area contributed by atoms with E-state index in [1.807, 2.05) is 0 Å². The topological polar surface area (TPSA) is 123 Å². The fraction of sp³-hybridized carbons (Fsp3) is 0.531. The molecule has 0 unspecified atom stereocenters. The molecule has 1 aliphatic heterocycles. The van der Waals surface area contributed by atoms with Gasteiger partial charge in [-0.1, -0.05) is 115 Å². The van der Waals surface area contributed by atoms with E-state index in [4.69, 9.17) is 6.57 Å². The minimum absolute atomic E-state index is 0.0918. The number of carbonyl (C=O) groups is 1. The molecule has 1 aliphatic rings. The predicted molar refractivity (Wildman–Crippen MR) is 163 cm³/mol. The number of likely N-dealkylation sites (N-methyl/N-ethyl adjacent to an activating group) is 1. The minimum Gasteiger partial charge on any atom is -0.494 e. The second-order valence-electron chi connectivity index (χ2n) is 10.8. The second-order valence-corrected chi connectivity index (χ2v) is 10.8. The van der Waals surface area contributed by atoms with Crippen molar-refractivity contribution in [3.05, 3.63) is 78.9 Å². The molecule has 3 rings (SSSR count). The summed E-state index contributed by atoms with van der Waals surface area (Å²) in [5.74, 6) is -1.07. The van der Waals surface area contributed by atoms with Gasteiger partial charge in [0.1, 0.15) is 5.56 Å².